The van der Waals surface area contributed by atoms with Gasteiger partial charge in [0.05, 0.1) is 5.56 Å². The van der Waals surface area contributed by atoms with Crippen molar-refractivity contribution >= 4 is 28.0 Å². The lowest BCUT2D eigenvalue weighted by molar-refractivity contribution is -0.123. The molecule has 2 aromatic carbocycles. The van der Waals surface area contributed by atoms with E-state index >= 15 is 0 Å². The van der Waals surface area contributed by atoms with Gasteiger partial charge in [0.15, 0.2) is 6.61 Å². The van der Waals surface area contributed by atoms with Crippen LogP contribution >= 0.6 is 0 Å². The van der Waals surface area contributed by atoms with Crippen molar-refractivity contribution in [3.63, 3.8) is 0 Å². The number of ether oxygens (including phenoxy) is 1. The van der Waals surface area contributed by atoms with E-state index in [1.54, 1.807) is 39.8 Å². The van der Waals surface area contributed by atoms with Crippen molar-refractivity contribution in [3.8, 4) is 5.75 Å². The van der Waals surface area contributed by atoms with E-state index < -0.39 is 34.6 Å². The lowest BCUT2D eigenvalue weighted by atomic mass is 10.2. The molecule has 0 aliphatic rings. The van der Waals surface area contributed by atoms with E-state index in [0.29, 0.717) is 5.56 Å². The molecule has 2 N–H and O–H groups in total. The summed E-state index contributed by atoms with van der Waals surface area (Å²) in [6.07, 6.45) is 0. The average molecular weight is 448 g/mol. The first-order chi connectivity index (χ1) is 14.5. The summed E-state index contributed by atoms with van der Waals surface area (Å²) in [5.41, 5.74) is 1.40. The minimum atomic E-state index is -4.05. The molecule has 0 spiro atoms. The Labute approximate surface area is 180 Å². The van der Waals surface area contributed by atoms with E-state index in [0.717, 1.165) is 5.56 Å². The zero-order chi connectivity index (χ0) is 23.2. The highest BCUT2D eigenvalue weighted by molar-refractivity contribution is 7.87. The number of urea groups is 1. The lowest BCUT2D eigenvalue weighted by Crippen LogP contribution is -2.44. The quantitative estimate of drug-likeness (QED) is 0.492. The number of amides is 3. The van der Waals surface area contributed by atoms with Gasteiger partial charge in [0.1, 0.15) is 10.6 Å². The largest absolute Gasteiger partial charge is 0.452 e. The summed E-state index contributed by atoms with van der Waals surface area (Å²) in [7, 11) is -4.05. The van der Waals surface area contributed by atoms with Crippen LogP contribution in [0, 0.1) is 13.8 Å². The van der Waals surface area contributed by atoms with Gasteiger partial charge in [0.2, 0.25) is 0 Å². The smallest absolute Gasteiger partial charge is 0.339 e. The highest BCUT2D eigenvalue weighted by atomic mass is 32.2. The molecule has 0 bridgehead atoms. The fourth-order valence-corrected chi connectivity index (χ4v) is 3.72. The summed E-state index contributed by atoms with van der Waals surface area (Å²) in [6.45, 7) is 6.24. The second kappa shape index (κ2) is 10.1. The summed E-state index contributed by atoms with van der Waals surface area (Å²) < 4.78 is 35.1. The van der Waals surface area contributed by atoms with Gasteiger partial charge in [-0.05, 0) is 69.2 Å². The summed E-state index contributed by atoms with van der Waals surface area (Å²) in [6, 6.07) is 9.36. The zero-order valence-electron chi connectivity index (χ0n) is 17.6. The van der Waals surface area contributed by atoms with Gasteiger partial charge in [-0.2, -0.15) is 8.42 Å². The predicted octanol–water partition coefficient (Wildman–Crippen LogP) is 2.46. The van der Waals surface area contributed by atoms with E-state index in [1.165, 1.54) is 30.3 Å². The Kier molecular flexibility index (Phi) is 7.76. The Bertz CT molecular complexity index is 1080. The molecule has 2 rings (SSSR count). The zero-order valence-corrected chi connectivity index (χ0v) is 18.4. The van der Waals surface area contributed by atoms with Gasteiger partial charge in [0.25, 0.3) is 5.91 Å². The molecule has 3 amide bonds. The Morgan fingerprint density at radius 3 is 2.26 bits per heavy atom. The molecule has 166 valence electrons. The molecular formula is C21H24N2O7S. The molecule has 0 unspecified atom stereocenters. The van der Waals surface area contributed by atoms with Crippen molar-refractivity contribution in [2.24, 2.45) is 0 Å². The molecule has 0 saturated carbocycles. The normalized spacial score (nSPS) is 11.0. The first kappa shape index (κ1) is 23.9. The fourth-order valence-electron chi connectivity index (χ4n) is 2.47. The monoisotopic (exact) mass is 448 g/mol. The van der Waals surface area contributed by atoms with E-state index in [4.69, 9.17) is 8.92 Å². The Balaban J connectivity index is 1.97. The summed E-state index contributed by atoms with van der Waals surface area (Å²) in [5, 5.41) is 4.49. The highest BCUT2D eigenvalue weighted by Gasteiger charge is 2.20. The number of imide groups is 1. The van der Waals surface area contributed by atoms with Crippen molar-refractivity contribution in [2.45, 2.75) is 38.6 Å². The maximum absolute atomic E-state index is 12.5. The molecule has 31 heavy (non-hydrogen) atoms. The van der Waals surface area contributed by atoms with E-state index in [1.807, 2.05) is 5.32 Å². The van der Waals surface area contributed by atoms with E-state index in [9.17, 15) is 22.8 Å². The number of rotatable bonds is 7. The first-order valence-corrected chi connectivity index (χ1v) is 10.8. The van der Waals surface area contributed by atoms with E-state index in [-0.39, 0.29) is 22.3 Å². The Morgan fingerprint density at radius 1 is 1.00 bits per heavy atom. The second-order valence-electron chi connectivity index (χ2n) is 7.08. The molecule has 0 fully saturated rings. The van der Waals surface area contributed by atoms with Crippen molar-refractivity contribution in [3.05, 3.63) is 59.2 Å². The fraction of sp³-hybridized carbons (Fsp3) is 0.286. The van der Waals surface area contributed by atoms with Crippen LogP contribution in [0.3, 0.4) is 0 Å². The van der Waals surface area contributed by atoms with Crippen LogP contribution in [0.25, 0.3) is 0 Å². The predicted molar refractivity (Wildman–Crippen MR) is 112 cm³/mol. The third kappa shape index (κ3) is 7.10. The van der Waals surface area contributed by atoms with Gasteiger partial charge in [-0.3, -0.25) is 10.1 Å². The SMILES string of the molecule is Cc1ccc(C)c(S(=O)(=O)Oc2ccc(C(=O)OCC(=O)NC(=O)NC(C)C)cc2)c1. The summed E-state index contributed by atoms with van der Waals surface area (Å²) in [4.78, 5) is 35.2. The molecule has 2 aromatic rings. The molecule has 9 nitrogen and oxygen atoms in total. The second-order valence-corrected chi connectivity index (χ2v) is 8.60. The third-order valence-electron chi connectivity index (χ3n) is 3.92. The number of esters is 1. The van der Waals surface area contributed by atoms with Gasteiger partial charge in [0, 0.05) is 6.04 Å². The topological polar surface area (TPSA) is 128 Å². The average Bonchev–Trinajstić information content (AvgIpc) is 2.67. The van der Waals surface area contributed by atoms with Crippen LogP contribution in [0.4, 0.5) is 4.79 Å². The molecule has 0 saturated heterocycles. The van der Waals surface area contributed by atoms with Crippen LogP contribution in [0.5, 0.6) is 5.75 Å². The standard InChI is InChI=1S/C21H24N2O7S/c1-13(2)22-21(26)23-19(24)12-29-20(25)16-7-9-17(10-8-16)30-31(27,28)18-11-14(3)5-6-15(18)4/h5-11,13H,12H2,1-4H3,(H2,22,23,24,26). The van der Waals surface area contributed by atoms with Crippen LogP contribution in [-0.4, -0.2) is 39.0 Å². The minimum Gasteiger partial charge on any atom is -0.452 e. The molecular weight excluding hydrogens is 424 g/mol. The lowest BCUT2D eigenvalue weighted by Gasteiger charge is -2.11. The van der Waals surface area contributed by atoms with E-state index in [2.05, 4.69) is 5.32 Å². The first-order valence-electron chi connectivity index (χ1n) is 9.37. The van der Waals surface area contributed by atoms with Crippen molar-refractivity contribution in [1.29, 1.82) is 0 Å². The minimum absolute atomic E-state index is 0.0144. The number of nitrogens with one attached hydrogen (secondary N) is 2. The summed E-state index contributed by atoms with van der Waals surface area (Å²) in [5.74, 6) is -1.59. The van der Waals surface area contributed by atoms with Crippen LogP contribution in [0.1, 0.15) is 35.3 Å². The maximum atomic E-state index is 12.5. The molecule has 0 aliphatic carbocycles. The number of aryl methyl sites for hydroxylation is 2. The van der Waals surface area contributed by atoms with Crippen molar-refractivity contribution in [2.75, 3.05) is 6.61 Å². The third-order valence-corrected chi connectivity index (χ3v) is 5.31. The number of hydrogen-bond acceptors (Lipinski definition) is 7. The van der Waals surface area contributed by atoms with Gasteiger partial charge >= 0.3 is 22.1 Å². The van der Waals surface area contributed by atoms with Gasteiger partial charge in [-0.15, -0.1) is 0 Å². The number of carbonyl (C=O) groups excluding carboxylic acids is 3. The van der Waals surface area contributed by atoms with Crippen molar-refractivity contribution in [1.82, 2.24) is 10.6 Å². The Morgan fingerprint density at radius 2 is 1.65 bits per heavy atom. The van der Waals surface area contributed by atoms with Crippen LogP contribution in [-0.2, 0) is 19.6 Å². The molecule has 0 aromatic heterocycles. The van der Waals surface area contributed by atoms with Crippen LogP contribution in [0.15, 0.2) is 47.4 Å². The maximum Gasteiger partial charge on any atom is 0.339 e. The van der Waals surface area contributed by atoms with Crippen LogP contribution < -0.4 is 14.8 Å². The molecule has 0 radical (unpaired) electrons. The van der Waals surface area contributed by atoms with Crippen molar-refractivity contribution < 1.29 is 31.7 Å². The number of carbonyl (C=O) groups is 3. The highest BCUT2D eigenvalue weighted by Crippen LogP contribution is 2.22. The molecule has 0 aliphatic heterocycles. The van der Waals surface area contributed by atoms with Crippen LogP contribution in [0.2, 0.25) is 0 Å². The van der Waals surface area contributed by atoms with Gasteiger partial charge in [-0.25, -0.2) is 9.59 Å². The summed E-state index contributed by atoms with van der Waals surface area (Å²) >= 11 is 0. The molecule has 10 heteroatoms. The van der Waals surface area contributed by atoms with Gasteiger partial charge < -0.3 is 14.2 Å². The molecule has 0 heterocycles. The van der Waals surface area contributed by atoms with Gasteiger partial charge in [-0.1, -0.05) is 12.1 Å². The Hall–Kier alpha value is -3.40. The molecule has 0 atom stereocenters. The number of hydrogen-bond donors (Lipinski definition) is 2. The number of benzene rings is 2.